The number of carbonyl (C=O) groups is 4. The summed E-state index contributed by atoms with van der Waals surface area (Å²) in [5.74, 6) is -1.54. The highest BCUT2D eigenvalue weighted by Gasteiger charge is 2.37. The lowest BCUT2D eigenvalue weighted by Crippen LogP contribution is -2.46. The number of aliphatic hydroxyl groups is 1. The van der Waals surface area contributed by atoms with Crippen LogP contribution in [-0.4, -0.2) is 119 Å². The third kappa shape index (κ3) is 12.8. The molecular weight excluding hydrogens is 881 g/mol. The molecule has 2 aliphatic heterocycles. The molecule has 0 aliphatic carbocycles. The highest BCUT2D eigenvalue weighted by molar-refractivity contribution is 7.92. The molecule has 4 aromatic carbocycles. The quantitative estimate of drug-likeness (QED) is 0.115. The van der Waals surface area contributed by atoms with Crippen LogP contribution in [0.2, 0.25) is 0 Å². The van der Waals surface area contributed by atoms with Gasteiger partial charge in [-0.25, -0.2) is 16.8 Å². The Morgan fingerprint density at radius 2 is 1.09 bits per heavy atom. The van der Waals surface area contributed by atoms with Crippen LogP contribution in [-0.2, 0) is 36.2 Å². The molecule has 2 heterocycles. The summed E-state index contributed by atoms with van der Waals surface area (Å²) in [6, 6.07) is 25.6. The van der Waals surface area contributed by atoms with Crippen LogP contribution in [0.3, 0.4) is 0 Å². The molecule has 0 radical (unpaired) electrons. The number of hydrogen-bond acceptors (Lipinski definition) is 9. The first-order valence-electron chi connectivity index (χ1n) is 22.1. The normalized spacial score (nSPS) is 16.5. The fraction of sp³-hybridized carbons (Fsp3) is 0.429. The standard InChI is InChI=1S/C49H62N6O9S2/c1-32-8-12-40(28-43(32)51-65(6,61)62)45(56)54-24-20-37(21-25-54)35-14-10-34(11-15-35)31-50-48(59)49(3,60)30-42(47(58)53(4)5)39-18-16-36(17-19-39)38-22-26-55(27-23-38)46(57)41-13-9-33(2)44(29-41)52-66(7,63)64/h8-19,28-29,37-38,42,51-52,60H,20-27,30-31H2,1-7H3,(H,50,59). The summed E-state index contributed by atoms with van der Waals surface area (Å²) in [4.78, 5) is 58.8. The number of anilines is 2. The first-order valence-corrected chi connectivity index (χ1v) is 25.9. The second kappa shape index (κ2) is 20.4. The number of nitrogens with zero attached hydrogens (tertiary/aromatic N) is 3. The molecule has 2 atom stereocenters. The van der Waals surface area contributed by atoms with Crippen molar-refractivity contribution in [3.05, 3.63) is 129 Å². The molecule has 66 heavy (non-hydrogen) atoms. The van der Waals surface area contributed by atoms with Gasteiger partial charge in [-0.3, -0.25) is 28.6 Å². The van der Waals surface area contributed by atoms with Crippen LogP contribution in [0, 0.1) is 13.8 Å². The number of piperidine rings is 2. The Balaban J connectivity index is 1.00. The Kier molecular flexibility index (Phi) is 15.3. The molecule has 2 fully saturated rings. The Hall–Kier alpha value is -5.78. The number of nitrogens with one attached hydrogen (secondary N) is 3. The average Bonchev–Trinajstić information content (AvgIpc) is 3.27. The minimum atomic E-state index is -3.51. The van der Waals surface area contributed by atoms with Gasteiger partial charge in [0.15, 0.2) is 0 Å². The summed E-state index contributed by atoms with van der Waals surface area (Å²) in [5.41, 5.74) is 4.86. The minimum absolute atomic E-state index is 0.140. The van der Waals surface area contributed by atoms with E-state index in [1.165, 1.54) is 11.8 Å². The zero-order chi connectivity index (χ0) is 48.1. The summed E-state index contributed by atoms with van der Waals surface area (Å²) in [5, 5.41) is 14.4. The van der Waals surface area contributed by atoms with Gasteiger partial charge < -0.3 is 25.1 Å². The number of sulfonamides is 2. The Morgan fingerprint density at radius 1 is 0.682 bits per heavy atom. The van der Waals surface area contributed by atoms with Crippen molar-refractivity contribution in [3.8, 4) is 0 Å². The van der Waals surface area contributed by atoms with Crippen molar-refractivity contribution < 1.29 is 41.1 Å². The van der Waals surface area contributed by atoms with Crippen LogP contribution >= 0.6 is 0 Å². The van der Waals surface area contributed by atoms with Crippen LogP contribution in [0.5, 0.6) is 0 Å². The lowest BCUT2D eigenvalue weighted by Gasteiger charge is -2.33. The number of benzene rings is 4. The fourth-order valence-corrected chi connectivity index (χ4v) is 10.00. The van der Waals surface area contributed by atoms with Gasteiger partial charge in [-0.15, -0.1) is 0 Å². The SMILES string of the molecule is Cc1ccc(C(=O)N2CCC(c3ccc(CNC(=O)C(C)(O)CC(C(=O)N(C)C)c4ccc(C5CCN(C(=O)c6ccc(C)c(NS(C)(=O)=O)c6)CC5)cc4)cc3)CC2)cc1NS(C)(=O)=O. The molecule has 0 aromatic heterocycles. The van der Waals surface area contributed by atoms with Gasteiger partial charge in [-0.05, 0) is 116 Å². The van der Waals surface area contributed by atoms with Gasteiger partial charge in [-0.1, -0.05) is 60.7 Å². The van der Waals surface area contributed by atoms with Crippen LogP contribution in [0.1, 0.15) is 111 Å². The van der Waals surface area contributed by atoms with Crippen molar-refractivity contribution in [3.63, 3.8) is 0 Å². The summed E-state index contributed by atoms with van der Waals surface area (Å²) >= 11 is 0. The average molecular weight is 943 g/mol. The first-order chi connectivity index (χ1) is 31.0. The van der Waals surface area contributed by atoms with Crippen LogP contribution < -0.4 is 14.8 Å². The van der Waals surface area contributed by atoms with Gasteiger partial charge in [0.05, 0.1) is 29.8 Å². The zero-order valence-corrected chi connectivity index (χ0v) is 40.4. The van der Waals surface area contributed by atoms with Gasteiger partial charge in [0.25, 0.3) is 17.7 Å². The molecular formula is C49H62N6O9S2. The molecule has 2 aliphatic rings. The number of rotatable bonds is 15. The van der Waals surface area contributed by atoms with E-state index in [0.717, 1.165) is 60.4 Å². The van der Waals surface area contributed by atoms with Crippen molar-refractivity contribution in [1.82, 2.24) is 20.0 Å². The van der Waals surface area contributed by atoms with E-state index in [-0.39, 0.29) is 42.5 Å². The zero-order valence-electron chi connectivity index (χ0n) is 38.8. The van der Waals surface area contributed by atoms with Crippen LogP contribution in [0.25, 0.3) is 0 Å². The molecule has 4 N–H and O–H groups in total. The van der Waals surface area contributed by atoms with E-state index in [4.69, 9.17) is 0 Å². The Labute approximate surface area is 389 Å². The van der Waals surface area contributed by atoms with E-state index in [9.17, 15) is 41.1 Å². The third-order valence-electron chi connectivity index (χ3n) is 12.7. The van der Waals surface area contributed by atoms with Gasteiger partial charge in [0.2, 0.25) is 26.0 Å². The maximum Gasteiger partial charge on any atom is 0.253 e. The molecule has 17 heteroatoms. The van der Waals surface area contributed by atoms with E-state index in [2.05, 4.69) is 14.8 Å². The highest BCUT2D eigenvalue weighted by atomic mass is 32.2. The molecule has 6 rings (SSSR count). The van der Waals surface area contributed by atoms with E-state index in [1.807, 2.05) is 48.5 Å². The van der Waals surface area contributed by atoms with Crippen molar-refractivity contribution in [2.24, 2.45) is 0 Å². The number of likely N-dealkylation sites (N-methyl/N-ethyl adjacent to an activating group) is 1. The summed E-state index contributed by atoms with van der Waals surface area (Å²) in [7, 11) is -3.71. The molecule has 4 aromatic rings. The van der Waals surface area contributed by atoms with Crippen molar-refractivity contribution in [1.29, 1.82) is 0 Å². The predicted molar refractivity (Wildman–Crippen MR) is 256 cm³/mol. The monoisotopic (exact) mass is 942 g/mol. The van der Waals surface area contributed by atoms with E-state index in [0.29, 0.717) is 59.8 Å². The maximum atomic E-state index is 13.5. The van der Waals surface area contributed by atoms with E-state index in [1.54, 1.807) is 74.1 Å². The number of amides is 4. The van der Waals surface area contributed by atoms with Gasteiger partial charge >= 0.3 is 0 Å². The number of carbonyl (C=O) groups excluding carboxylic acids is 4. The third-order valence-corrected chi connectivity index (χ3v) is 13.8. The smallest absolute Gasteiger partial charge is 0.253 e. The molecule has 2 saturated heterocycles. The predicted octanol–water partition coefficient (Wildman–Crippen LogP) is 5.72. The topological polar surface area (TPSA) is 203 Å². The lowest BCUT2D eigenvalue weighted by atomic mass is 9.83. The molecule has 0 saturated carbocycles. The summed E-state index contributed by atoms with van der Waals surface area (Å²) < 4.78 is 52.2. The second-order valence-corrected chi connectivity index (χ2v) is 21.8. The Bertz CT molecular complexity index is 2650. The van der Waals surface area contributed by atoms with Gasteiger partial charge in [0.1, 0.15) is 5.60 Å². The second-order valence-electron chi connectivity index (χ2n) is 18.3. The van der Waals surface area contributed by atoms with Crippen molar-refractivity contribution in [2.45, 2.75) is 82.8 Å². The van der Waals surface area contributed by atoms with Gasteiger partial charge in [-0.2, -0.15) is 0 Å². The summed E-state index contributed by atoms with van der Waals surface area (Å²) in [6.07, 6.45) is 4.96. The maximum absolute atomic E-state index is 13.5. The lowest BCUT2D eigenvalue weighted by molar-refractivity contribution is -0.141. The number of hydrogen-bond donors (Lipinski definition) is 4. The highest BCUT2D eigenvalue weighted by Crippen LogP contribution is 2.34. The molecule has 2 unspecified atom stereocenters. The molecule has 15 nitrogen and oxygen atoms in total. The number of likely N-dealkylation sites (tertiary alicyclic amines) is 2. The van der Waals surface area contributed by atoms with Crippen LogP contribution in [0.15, 0.2) is 84.9 Å². The molecule has 0 spiro atoms. The molecule has 0 bridgehead atoms. The minimum Gasteiger partial charge on any atom is -0.380 e. The van der Waals surface area contributed by atoms with E-state index < -0.39 is 37.5 Å². The largest absolute Gasteiger partial charge is 0.380 e. The fourth-order valence-electron chi connectivity index (χ4n) is 8.76. The van der Waals surface area contributed by atoms with Crippen molar-refractivity contribution in [2.75, 3.05) is 62.2 Å². The van der Waals surface area contributed by atoms with E-state index >= 15 is 0 Å². The molecule has 354 valence electrons. The molecule has 4 amide bonds. The first kappa shape index (κ1) is 49.6. The summed E-state index contributed by atoms with van der Waals surface area (Å²) in [6.45, 7) is 7.30. The van der Waals surface area contributed by atoms with Crippen molar-refractivity contribution >= 4 is 55.1 Å². The Morgan fingerprint density at radius 3 is 1.48 bits per heavy atom. The number of aryl methyl sites for hydroxylation is 2. The van der Waals surface area contributed by atoms with Gasteiger partial charge in [0, 0.05) is 64.4 Å². The van der Waals surface area contributed by atoms with Crippen LogP contribution in [0.4, 0.5) is 11.4 Å².